The number of carbonyl (C=O) groups is 1. The number of carbonyl (C=O) groups excluding carboxylic acids is 1. The number of sulfone groups is 1. The fraction of sp³-hybridized carbons (Fsp3) is 0.176. The molecule has 4 rings (SSSR count). The Bertz CT molecular complexity index is 1220. The summed E-state index contributed by atoms with van der Waals surface area (Å²) in [5.74, 6) is 0.820. The van der Waals surface area contributed by atoms with Crippen molar-refractivity contribution in [3.8, 4) is 11.5 Å². The van der Waals surface area contributed by atoms with Gasteiger partial charge >= 0.3 is 0 Å². The van der Waals surface area contributed by atoms with Gasteiger partial charge in [0.05, 0.1) is 15.1 Å². The second-order valence-electron chi connectivity index (χ2n) is 5.83. The summed E-state index contributed by atoms with van der Waals surface area (Å²) < 4.78 is 36.8. The molecule has 1 amide bonds. The van der Waals surface area contributed by atoms with E-state index in [4.69, 9.17) is 9.47 Å². The van der Waals surface area contributed by atoms with Gasteiger partial charge in [0.25, 0.3) is 5.91 Å². The maximum Gasteiger partial charge on any atom is 0.279 e. The summed E-state index contributed by atoms with van der Waals surface area (Å²) in [7, 11) is -1.59. The summed E-state index contributed by atoms with van der Waals surface area (Å²) in [6, 6.07) is 9.57. The zero-order chi connectivity index (χ0) is 18.5. The normalized spacial score (nSPS) is 14.2. The van der Waals surface area contributed by atoms with Crippen LogP contribution in [0.5, 0.6) is 11.5 Å². The molecule has 0 unspecified atom stereocenters. The number of amides is 1. The van der Waals surface area contributed by atoms with E-state index in [0.29, 0.717) is 16.3 Å². The second kappa shape index (κ2) is 5.96. The van der Waals surface area contributed by atoms with E-state index in [-0.39, 0.29) is 17.3 Å². The van der Waals surface area contributed by atoms with Crippen molar-refractivity contribution in [3.05, 3.63) is 46.8 Å². The number of hydrogen-bond acceptors (Lipinski definition) is 6. The minimum atomic E-state index is -3.39. The van der Waals surface area contributed by atoms with Crippen LogP contribution in [0.4, 0.5) is 0 Å². The number of nitrogens with zero attached hydrogens (tertiary/aromatic N) is 2. The number of hydrogen-bond donors (Lipinski definition) is 0. The first-order valence-corrected chi connectivity index (χ1v) is 10.3. The number of fused-ring (bicyclic) bond motifs is 2. The van der Waals surface area contributed by atoms with Crippen molar-refractivity contribution < 1.29 is 22.7 Å². The molecule has 9 heteroatoms. The lowest BCUT2D eigenvalue weighted by Crippen LogP contribution is -2.13. The van der Waals surface area contributed by atoms with Crippen molar-refractivity contribution >= 4 is 37.3 Å². The molecule has 0 radical (unpaired) electrons. The highest BCUT2D eigenvalue weighted by Gasteiger charge is 2.17. The first-order valence-electron chi connectivity index (χ1n) is 7.61. The van der Waals surface area contributed by atoms with Gasteiger partial charge in [-0.3, -0.25) is 4.79 Å². The third kappa shape index (κ3) is 2.89. The summed E-state index contributed by atoms with van der Waals surface area (Å²) in [6.07, 6.45) is 1.10. The average molecular weight is 390 g/mol. The first kappa shape index (κ1) is 16.8. The predicted octanol–water partition coefficient (Wildman–Crippen LogP) is 2.11. The Kier molecular flexibility index (Phi) is 3.85. The SMILES string of the molecule is Cn1c(=NC(=O)c2cccc(S(C)(=O)=O)c2)sc2cc3c(cc21)OCO3. The minimum Gasteiger partial charge on any atom is -0.454 e. The van der Waals surface area contributed by atoms with E-state index in [1.54, 1.807) is 17.7 Å². The summed E-state index contributed by atoms with van der Waals surface area (Å²) in [5, 5.41) is 0. The number of rotatable bonds is 2. The van der Waals surface area contributed by atoms with E-state index in [0.717, 1.165) is 16.5 Å². The number of ether oxygens (including phenoxy) is 2. The Balaban J connectivity index is 1.79. The van der Waals surface area contributed by atoms with Crippen LogP contribution in [0.1, 0.15) is 10.4 Å². The molecule has 0 fully saturated rings. The van der Waals surface area contributed by atoms with Crippen LogP contribution in [0.15, 0.2) is 46.3 Å². The molecular weight excluding hydrogens is 376 g/mol. The van der Waals surface area contributed by atoms with E-state index in [1.807, 2.05) is 12.1 Å². The van der Waals surface area contributed by atoms with E-state index in [2.05, 4.69) is 4.99 Å². The van der Waals surface area contributed by atoms with Crippen molar-refractivity contribution in [2.75, 3.05) is 13.0 Å². The Hall–Kier alpha value is -2.65. The lowest BCUT2D eigenvalue weighted by atomic mass is 10.2. The summed E-state index contributed by atoms with van der Waals surface area (Å²) >= 11 is 1.34. The molecule has 0 saturated carbocycles. The fourth-order valence-corrected chi connectivity index (χ4v) is 4.33. The highest BCUT2D eigenvalue weighted by Crippen LogP contribution is 2.36. The molecule has 1 aliphatic rings. The zero-order valence-corrected chi connectivity index (χ0v) is 15.6. The van der Waals surface area contributed by atoms with Gasteiger partial charge < -0.3 is 14.0 Å². The molecule has 0 saturated heterocycles. The van der Waals surface area contributed by atoms with Gasteiger partial charge in [-0.25, -0.2) is 8.42 Å². The largest absolute Gasteiger partial charge is 0.454 e. The van der Waals surface area contributed by atoms with Gasteiger partial charge in [-0.2, -0.15) is 4.99 Å². The van der Waals surface area contributed by atoms with Crippen molar-refractivity contribution in [2.45, 2.75) is 4.90 Å². The van der Waals surface area contributed by atoms with Crippen LogP contribution in [0.25, 0.3) is 10.2 Å². The average Bonchev–Trinajstić information content (AvgIpc) is 3.17. The molecule has 2 heterocycles. The van der Waals surface area contributed by atoms with E-state index in [1.165, 1.54) is 29.5 Å². The number of aromatic nitrogens is 1. The van der Waals surface area contributed by atoms with Gasteiger partial charge in [-0.15, -0.1) is 0 Å². The molecule has 0 atom stereocenters. The highest BCUT2D eigenvalue weighted by molar-refractivity contribution is 7.90. The lowest BCUT2D eigenvalue weighted by molar-refractivity contribution is 0.0997. The molecule has 0 spiro atoms. The third-order valence-corrected chi connectivity index (χ3v) is 6.21. The second-order valence-corrected chi connectivity index (χ2v) is 8.86. The quantitative estimate of drug-likeness (QED) is 0.669. The van der Waals surface area contributed by atoms with Crippen LogP contribution in [-0.4, -0.2) is 31.9 Å². The maximum atomic E-state index is 12.5. The molecule has 7 nitrogen and oxygen atoms in total. The van der Waals surface area contributed by atoms with Gasteiger partial charge in [0.2, 0.25) is 6.79 Å². The monoisotopic (exact) mass is 390 g/mol. The molecule has 134 valence electrons. The molecule has 2 aromatic carbocycles. The molecule has 1 aromatic heterocycles. The molecule has 0 aliphatic carbocycles. The first-order chi connectivity index (χ1) is 12.3. The third-order valence-electron chi connectivity index (χ3n) is 4.01. The van der Waals surface area contributed by atoms with Crippen LogP contribution < -0.4 is 14.3 Å². The number of benzene rings is 2. The van der Waals surface area contributed by atoms with Crippen LogP contribution in [0.3, 0.4) is 0 Å². The lowest BCUT2D eigenvalue weighted by Gasteiger charge is -2.00. The van der Waals surface area contributed by atoms with E-state index >= 15 is 0 Å². The molecule has 0 N–H and O–H groups in total. The van der Waals surface area contributed by atoms with Crippen molar-refractivity contribution in [2.24, 2.45) is 12.0 Å². The maximum absolute atomic E-state index is 12.5. The standard InChI is InChI=1S/C17H14N2O5S2/c1-19-12-7-13-14(24-9-23-13)8-15(12)25-17(19)18-16(20)10-4-3-5-11(6-10)26(2,21)22/h3-8H,9H2,1-2H3. The predicted molar refractivity (Wildman–Crippen MR) is 96.4 cm³/mol. The summed E-state index contributed by atoms with van der Waals surface area (Å²) in [5.41, 5.74) is 1.09. The van der Waals surface area contributed by atoms with Gasteiger partial charge in [0.1, 0.15) is 0 Å². The summed E-state index contributed by atoms with van der Waals surface area (Å²) in [4.78, 5) is 17.3. The van der Waals surface area contributed by atoms with Crippen molar-refractivity contribution in [1.29, 1.82) is 0 Å². The topological polar surface area (TPSA) is 87.0 Å². The fourth-order valence-electron chi connectivity index (χ4n) is 2.64. The Morgan fingerprint density at radius 2 is 1.92 bits per heavy atom. The van der Waals surface area contributed by atoms with Crippen molar-refractivity contribution in [3.63, 3.8) is 0 Å². The smallest absolute Gasteiger partial charge is 0.279 e. The van der Waals surface area contributed by atoms with Crippen LogP contribution >= 0.6 is 11.3 Å². The summed E-state index contributed by atoms with van der Waals surface area (Å²) in [6.45, 7) is 0.197. The van der Waals surface area contributed by atoms with Crippen molar-refractivity contribution in [1.82, 2.24) is 4.57 Å². The van der Waals surface area contributed by atoms with Gasteiger partial charge in [0, 0.05) is 31.0 Å². The van der Waals surface area contributed by atoms with Crippen LogP contribution in [-0.2, 0) is 16.9 Å². The van der Waals surface area contributed by atoms with Gasteiger partial charge in [-0.1, -0.05) is 17.4 Å². The van der Waals surface area contributed by atoms with Crippen LogP contribution in [0, 0.1) is 0 Å². The highest BCUT2D eigenvalue weighted by atomic mass is 32.2. The number of aryl methyl sites for hydroxylation is 1. The zero-order valence-electron chi connectivity index (χ0n) is 13.9. The molecule has 26 heavy (non-hydrogen) atoms. The molecule has 3 aromatic rings. The minimum absolute atomic E-state index is 0.0880. The van der Waals surface area contributed by atoms with Gasteiger partial charge in [-0.05, 0) is 18.2 Å². The van der Waals surface area contributed by atoms with E-state index in [9.17, 15) is 13.2 Å². The van der Waals surface area contributed by atoms with Gasteiger partial charge in [0.15, 0.2) is 26.1 Å². The molecule has 0 bridgehead atoms. The Labute approximate surface area is 153 Å². The number of thiazole rings is 1. The van der Waals surface area contributed by atoms with E-state index < -0.39 is 15.7 Å². The molecule has 1 aliphatic heterocycles. The van der Waals surface area contributed by atoms with Crippen LogP contribution in [0.2, 0.25) is 0 Å². The molecular formula is C17H14N2O5S2. The Morgan fingerprint density at radius 3 is 2.65 bits per heavy atom. The Morgan fingerprint density at radius 1 is 1.19 bits per heavy atom.